The molecule has 1 aromatic heterocycles. The lowest BCUT2D eigenvalue weighted by atomic mass is 9.94. The number of nitrogens with zero attached hydrogens (tertiary/aromatic N) is 1. The van der Waals surface area contributed by atoms with Crippen LogP contribution in [0.3, 0.4) is 0 Å². The molecular weight excluding hydrogens is 338 g/mol. The summed E-state index contributed by atoms with van der Waals surface area (Å²) >= 11 is 0. The Kier molecular flexibility index (Phi) is 4.56. The molecule has 0 fully saturated rings. The first-order valence-electron chi connectivity index (χ1n) is 9.50. The molecule has 2 aromatic carbocycles. The van der Waals surface area contributed by atoms with Gasteiger partial charge in [-0.15, -0.1) is 0 Å². The highest BCUT2D eigenvalue weighted by molar-refractivity contribution is 6.11. The van der Waals surface area contributed by atoms with Crippen LogP contribution in [0.2, 0.25) is 0 Å². The Morgan fingerprint density at radius 3 is 2.63 bits per heavy atom. The van der Waals surface area contributed by atoms with E-state index in [-0.39, 0.29) is 18.2 Å². The molecule has 0 unspecified atom stereocenters. The average Bonchev–Trinajstić information content (AvgIpc) is 2.95. The van der Waals surface area contributed by atoms with Crippen LogP contribution < -0.4 is 0 Å². The van der Waals surface area contributed by atoms with Crippen LogP contribution in [0, 0.1) is 6.92 Å². The fourth-order valence-corrected chi connectivity index (χ4v) is 4.13. The van der Waals surface area contributed by atoms with Crippen LogP contribution in [-0.2, 0) is 28.9 Å². The molecule has 4 nitrogen and oxygen atoms in total. The third kappa shape index (κ3) is 3.05. The number of ether oxygens (including phenoxy) is 1. The van der Waals surface area contributed by atoms with Crippen molar-refractivity contribution in [1.29, 1.82) is 0 Å². The number of aromatic nitrogens is 1. The first-order chi connectivity index (χ1) is 13.1. The number of ketones is 1. The molecule has 2 heterocycles. The number of carbonyl (C=O) groups excluding carboxylic acids is 2. The molecule has 0 radical (unpaired) electrons. The molecule has 4 rings (SSSR count). The molecule has 27 heavy (non-hydrogen) atoms. The van der Waals surface area contributed by atoms with Crippen molar-refractivity contribution < 1.29 is 14.3 Å². The molecule has 0 saturated carbocycles. The zero-order valence-corrected chi connectivity index (χ0v) is 15.7. The van der Waals surface area contributed by atoms with Crippen LogP contribution in [0.5, 0.6) is 0 Å². The predicted molar refractivity (Wildman–Crippen MR) is 105 cm³/mol. The van der Waals surface area contributed by atoms with Gasteiger partial charge >= 0.3 is 5.97 Å². The second-order valence-electron chi connectivity index (χ2n) is 7.03. The molecule has 0 amide bonds. The highest BCUT2D eigenvalue weighted by Gasteiger charge is 2.24. The van der Waals surface area contributed by atoms with Crippen molar-refractivity contribution in [2.75, 3.05) is 6.61 Å². The van der Waals surface area contributed by atoms with Gasteiger partial charge in [-0.25, -0.2) is 0 Å². The molecule has 0 spiro atoms. The van der Waals surface area contributed by atoms with E-state index < -0.39 is 0 Å². The zero-order valence-electron chi connectivity index (χ0n) is 15.7. The first kappa shape index (κ1) is 17.5. The minimum atomic E-state index is -0.222. The van der Waals surface area contributed by atoms with E-state index in [1.54, 1.807) is 0 Å². The maximum Gasteiger partial charge on any atom is 0.310 e. The van der Waals surface area contributed by atoms with Gasteiger partial charge < -0.3 is 9.30 Å². The number of hydrogen-bond acceptors (Lipinski definition) is 3. The van der Waals surface area contributed by atoms with Gasteiger partial charge in [0.2, 0.25) is 0 Å². The number of rotatable bonds is 5. The maximum absolute atomic E-state index is 13.0. The molecule has 138 valence electrons. The number of aryl methyl sites for hydroxylation is 2. The summed E-state index contributed by atoms with van der Waals surface area (Å²) in [6.45, 7) is 5.20. The summed E-state index contributed by atoms with van der Waals surface area (Å²) in [6.07, 6.45) is 2.24. The van der Waals surface area contributed by atoms with E-state index in [2.05, 4.69) is 11.5 Å². The molecule has 1 aliphatic rings. The minimum Gasteiger partial charge on any atom is -0.466 e. The SMILES string of the molecule is CCOC(=O)Cc1c(C)n2c3c(cc(C(=O)c4ccccc4)cc13)CCC2. The van der Waals surface area contributed by atoms with Gasteiger partial charge in [0.25, 0.3) is 0 Å². The van der Waals surface area contributed by atoms with Crippen molar-refractivity contribution in [2.45, 2.75) is 39.7 Å². The summed E-state index contributed by atoms with van der Waals surface area (Å²) in [5.74, 6) is -0.202. The highest BCUT2D eigenvalue weighted by Crippen LogP contribution is 2.34. The van der Waals surface area contributed by atoms with Gasteiger partial charge in [-0.1, -0.05) is 30.3 Å². The van der Waals surface area contributed by atoms with Crippen LogP contribution in [0.4, 0.5) is 0 Å². The maximum atomic E-state index is 13.0. The zero-order chi connectivity index (χ0) is 19.0. The second kappa shape index (κ2) is 7.03. The molecule has 1 aliphatic heterocycles. The fourth-order valence-electron chi connectivity index (χ4n) is 4.13. The smallest absolute Gasteiger partial charge is 0.310 e. The van der Waals surface area contributed by atoms with Gasteiger partial charge in [-0.2, -0.15) is 0 Å². The van der Waals surface area contributed by atoms with Gasteiger partial charge in [0.1, 0.15) is 0 Å². The van der Waals surface area contributed by atoms with Gasteiger partial charge in [0.05, 0.1) is 18.5 Å². The Balaban J connectivity index is 1.87. The number of hydrogen-bond donors (Lipinski definition) is 0. The number of carbonyl (C=O) groups is 2. The van der Waals surface area contributed by atoms with Crippen LogP contribution in [-0.4, -0.2) is 22.9 Å². The van der Waals surface area contributed by atoms with E-state index in [0.29, 0.717) is 17.7 Å². The topological polar surface area (TPSA) is 48.3 Å². The molecule has 0 saturated heterocycles. The Morgan fingerprint density at radius 1 is 1.11 bits per heavy atom. The summed E-state index contributed by atoms with van der Waals surface area (Å²) in [7, 11) is 0. The van der Waals surface area contributed by atoms with Crippen LogP contribution in [0.15, 0.2) is 42.5 Å². The lowest BCUT2D eigenvalue weighted by Gasteiger charge is -2.18. The second-order valence-corrected chi connectivity index (χ2v) is 7.03. The molecule has 0 N–H and O–H groups in total. The molecule has 4 heteroatoms. The van der Waals surface area contributed by atoms with Crippen molar-refractivity contribution in [2.24, 2.45) is 0 Å². The average molecular weight is 361 g/mol. The number of esters is 1. The van der Waals surface area contributed by atoms with E-state index in [4.69, 9.17) is 4.74 Å². The Labute approximate surface area is 158 Å². The summed E-state index contributed by atoms with van der Waals surface area (Å²) in [4.78, 5) is 25.2. The van der Waals surface area contributed by atoms with Gasteiger partial charge in [0.15, 0.2) is 5.78 Å². The van der Waals surface area contributed by atoms with E-state index in [9.17, 15) is 9.59 Å². The van der Waals surface area contributed by atoms with Crippen LogP contribution in [0.25, 0.3) is 10.9 Å². The van der Waals surface area contributed by atoms with Crippen molar-refractivity contribution in [3.63, 3.8) is 0 Å². The third-order valence-corrected chi connectivity index (χ3v) is 5.38. The Bertz CT molecular complexity index is 1030. The standard InChI is InChI=1S/C23H23NO3/c1-3-27-21(25)14-19-15(2)24-11-7-10-17-12-18(13-20(19)22(17)24)23(26)16-8-5-4-6-9-16/h4-6,8-9,12-13H,3,7,10-11,14H2,1-2H3. The van der Waals surface area contributed by atoms with Crippen LogP contribution in [0.1, 0.15) is 46.1 Å². The lowest BCUT2D eigenvalue weighted by molar-refractivity contribution is -0.142. The van der Waals surface area contributed by atoms with Crippen molar-refractivity contribution >= 4 is 22.7 Å². The van der Waals surface area contributed by atoms with Crippen LogP contribution >= 0.6 is 0 Å². The normalized spacial score (nSPS) is 13.0. The molecule has 0 bridgehead atoms. The van der Waals surface area contributed by atoms with Gasteiger partial charge in [-0.3, -0.25) is 9.59 Å². The summed E-state index contributed by atoms with van der Waals surface area (Å²) in [5.41, 5.74) is 5.81. The first-order valence-corrected chi connectivity index (χ1v) is 9.50. The van der Waals surface area contributed by atoms with Crippen molar-refractivity contribution in [3.05, 3.63) is 70.4 Å². The summed E-state index contributed by atoms with van der Waals surface area (Å²) < 4.78 is 7.46. The molecule has 0 atom stereocenters. The van der Waals surface area contributed by atoms with E-state index in [0.717, 1.165) is 36.0 Å². The Morgan fingerprint density at radius 2 is 1.89 bits per heavy atom. The van der Waals surface area contributed by atoms with Gasteiger partial charge in [0, 0.05) is 28.8 Å². The van der Waals surface area contributed by atoms with Gasteiger partial charge in [-0.05, 0) is 49.9 Å². The quantitative estimate of drug-likeness (QED) is 0.505. The third-order valence-electron chi connectivity index (χ3n) is 5.38. The fraction of sp³-hybridized carbons (Fsp3) is 0.304. The summed E-state index contributed by atoms with van der Waals surface area (Å²) in [6, 6.07) is 13.3. The van der Waals surface area contributed by atoms with Crippen molar-refractivity contribution in [1.82, 2.24) is 4.57 Å². The lowest BCUT2D eigenvalue weighted by Crippen LogP contribution is -2.11. The monoisotopic (exact) mass is 361 g/mol. The highest BCUT2D eigenvalue weighted by atomic mass is 16.5. The minimum absolute atomic E-state index is 0.0202. The van der Waals surface area contributed by atoms with E-state index in [1.165, 1.54) is 11.1 Å². The number of benzene rings is 2. The van der Waals surface area contributed by atoms with Crippen molar-refractivity contribution in [3.8, 4) is 0 Å². The Hall–Kier alpha value is -2.88. The largest absolute Gasteiger partial charge is 0.466 e. The molecule has 0 aliphatic carbocycles. The predicted octanol–water partition coefficient (Wildman–Crippen LogP) is 4.23. The van der Waals surface area contributed by atoms with E-state index in [1.807, 2.05) is 49.4 Å². The molecular formula is C23H23NO3. The molecule has 3 aromatic rings. The van der Waals surface area contributed by atoms with E-state index >= 15 is 0 Å². The summed E-state index contributed by atoms with van der Waals surface area (Å²) in [5, 5.41) is 1.01.